The largest absolute Gasteiger partial charge is 0.465 e. The zero-order valence-electron chi connectivity index (χ0n) is 11.2. The van der Waals surface area contributed by atoms with Crippen molar-refractivity contribution >= 4 is 11.7 Å². The van der Waals surface area contributed by atoms with Crippen molar-refractivity contribution in [3.05, 3.63) is 29.3 Å². The molecule has 0 spiro atoms. The molecule has 3 nitrogen and oxygen atoms in total. The van der Waals surface area contributed by atoms with Crippen LogP contribution >= 0.6 is 0 Å². The van der Waals surface area contributed by atoms with Gasteiger partial charge in [-0.25, -0.2) is 4.79 Å². The van der Waals surface area contributed by atoms with E-state index < -0.39 is 0 Å². The molecule has 0 aliphatic carbocycles. The minimum absolute atomic E-state index is 0.299. The highest BCUT2D eigenvalue weighted by Gasteiger charge is 2.14. The van der Waals surface area contributed by atoms with Crippen molar-refractivity contribution in [3.63, 3.8) is 0 Å². The van der Waals surface area contributed by atoms with Gasteiger partial charge in [0.2, 0.25) is 0 Å². The Morgan fingerprint density at radius 1 is 1.29 bits per heavy atom. The van der Waals surface area contributed by atoms with Gasteiger partial charge in [0.1, 0.15) is 0 Å². The van der Waals surface area contributed by atoms with E-state index in [1.165, 1.54) is 7.11 Å². The molecule has 0 radical (unpaired) electrons. The van der Waals surface area contributed by atoms with Crippen LogP contribution in [0.15, 0.2) is 18.2 Å². The van der Waals surface area contributed by atoms with Crippen LogP contribution in [0.25, 0.3) is 0 Å². The number of ether oxygens (including phenoxy) is 1. The van der Waals surface area contributed by atoms with Gasteiger partial charge in [-0.2, -0.15) is 0 Å². The Kier molecular flexibility index (Phi) is 4.55. The highest BCUT2D eigenvalue weighted by molar-refractivity contribution is 5.95. The normalized spacial score (nSPS) is 12.4. The van der Waals surface area contributed by atoms with Gasteiger partial charge in [0, 0.05) is 11.7 Å². The Morgan fingerprint density at radius 3 is 2.47 bits per heavy atom. The van der Waals surface area contributed by atoms with Crippen LogP contribution in [-0.2, 0) is 4.74 Å². The Labute approximate surface area is 103 Å². The van der Waals surface area contributed by atoms with Gasteiger partial charge in [-0.05, 0) is 31.9 Å². The molecular weight excluding hydrogens is 214 g/mol. The van der Waals surface area contributed by atoms with E-state index >= 15 is 0 Å². The molecule has 0 amide bonds. The molecule has 1 unspecified atom stereocenters. The maximum atomic E-state index is 11.7. The van der Waals surface area contributed by atoms with Gasteiger partial charge in [0.05, 0.1) is 12.7 Å². The maximum absolute atomic E-state index is 11.7. The fourth-order valence-corrected chi connectivity index (χ4v) is 1.47. The van der Waals surface area contributed by atoms with E-state index in [9.17, 15) is 4.79 Å². The van der Waals surface area contributed by atoms with Crippen molar-refractivity contribution in [2.75, 3.05) is 12.4 Å². The van der Waals surface area contributed by atoms with Crippen molar-refractivity contribution in [2.24, 2.45) is 5.92 Å². The predicted molar refractivity (Wildman–Crippen MR) is 70.4 cm³/mol. The Bertz CT molecular complexity index is 399. The van der Waals surface area contributed by atoms with Gasteiger partial charge in [-0.15, -0.1) is 0 Å². The van der Waals surface area contributed by atoms with Gasteiger partial charge in [-0.3, -0.25) is 0 Å². The SMILES string of the molecule is COC(=O)c1cc(C)ccc1NC(C)C(C)C. The van der Waals surface area contributed by atoms with Crippen LogP contribution in [0.3, 0.4) is 0 Å². The summed E-state index contributed by atoms with van der Waals surface area (Å²) >= 11 is 0. The second-order valence-corrected chi connectivity index (χ2v) is 4.72. The molecule has 3 heteroatoms. The highest BCUT2D eigenvalue weighted by Crippen LogP contribution is 2.20. The average Bonchev–Trinajstić information content (AvgIpc) is 2.30. The first kappa shape index (κ1) is 13.6. The number of hydrogen-bond acceptors (Lipinski definition) is 3. The summed E-state index contributed by atoms with van der Waals surface area (Å²) in [5, 5.41) is 3.35. The number of carbonyl (C=O) groups is 1. The first-order valence-corrected chi connectivity index (χ1v) is 5.91. The fourth-order valence-electron chi connectivity index (χ4n) is 1.47. The molecule has 0 heterocycles. The van der Waals surface area contributed by atoms with Crippen LogP contribution in [0.5, 0.6) is 0 Å². The molecule has 0 saturated carbocycles. The third kappa shape index (κ3) is 3.48. The lowest BCUT2D eigenvalue weighted by Gasteiger charge is -2.20. The van der Waals surface area contributed by atoms with E-state index in [0.717, 1.165) is 11.3 Å². The van der Waals surface area contributed by atoms with E-state index in [2.05, 4.69) is 26.1 Å². The van der Waals surface area contributed by atoms with E-state index in [-0.39, 0.29) is 5.97 Å². The average molecular weight is 235 g/mol. The molecule has 1 rings (SSSR count). The summed E-state index contributed by atoms with van der Waals surface area (Å²) in [6.07, 6.45) is 0. The van der Waals surface area contributed by atoms with Gasteiger partial charge >= 0.3 is 5.97 Å². The molecule has 1 N–H and O–H groups in total. The van der Waals surface area contributed by atoms with Crippen molar-refractivity contribution in [1.82, 2.24) is 0 Å². The minimum atomic E-state index is -0.299. The van der Waals surface area contributed by atoms with E-state index in [1.807, 2.05) is 25.1 Å². The van der Waals surface area contributed by atoms with E-state index in [1.54, 1.807) is 0 Å². The van der Waals surface area contributed by atoms with Gasteiger partial charge in [0.25, 0.3) is 0 Å². The molecule has 0 bridgehead atoms. The van der Waals surface area contributed by atoms with Crippen molar-refractivity contribution in [1.29, 1.82) is 0 Å². The lowest BCUT2D eigenvalue weighted by molar-refractivity contribution is 0.0601. The third-order valence-electron chi connectivity index (χ3n) is 2.96. The van der Waals surface area contributed by atoms with Crippen LogP contribution in [-0.4, -0.2) is 19.1 Å². The topological polar surface area (TPSA) is 38.3 Å². The number of esters is 1. The number of hydrogen-bond donors (Lipinski definition) is 1. The Hall–Kier alpha value is -1.51. The van der Waals surface area contributed by atoms with Crippen molar-refractivity contribution < 1.29 is 9.53 Å². The van der Waals surface area contributed by atoms with Crippen LogP contribution in [0.4, 0.5) is 5.69 Å². The molecule has 0 saturated heterocycles. The molecule has 0 aliphatic rings. The number of anilines is 1. The minimum Gasteiger partial charge on any atom is -0.465 e. The zero-order valence-corrected chi connectivity index (χ0v) is 11.2. The molecule has 17 heavy (non-hydrogen) atoms. The monoisotopic (exact) mass is 235 g/mol. The molecule has 0 fully saturated rings. The molecule has 1 aromatic rings. The number of rotatable bonds is 4. The summed E-state index contributed by atoms with van der Waals surface area (Å²) in [5.74, 6) is 0.203. The first-order valence-electron chi connectivity index (χ1n) is 5.91. The summed E-state index contributed by atoms with van der Waals surface area (Å²) in [5.41, 5.74) is 2.48. The third-order valence-corrected chi connectivity index (χ3v) is 2.96. The van der Waals surface area contributed by atoms with Crippen molar-refractivity contribution in [3.8, 4) is 0 Å². The van der Waals surface area contributed by atoms with Crippen LogP contribution < -0.4 is 5.32 Å². The van der Waals surface area contributed by atoms with Crippen molar-refractivity contribution in [2.45, 2.75) is 33.7 Å². The second kappa shape index (κ2) is 5.71. The Morgan fingerprint density at radius 2 is 1.94 bits per heavy atom. The summed E-state index contributed by atoms with van der Waals surface area (Å²) in [4.78, 5) is 11.7. The number of carbonyl (C=O) groups excluding carboxylic acids is 1. The lowest BCUT2D eigenvalue weighted by Crippen LogP contribution is -2.23. The van der Waals surface area contributed by atoms with Gasteiger partial charge in [0.15, 0.2) is 0 Å². The smallest absolute Gasteiger partial charge is 0.339 e. The predicted octanol–water partition coefficient (Wildman–Crippen LogP) is 3.24. The number of nitrogens with one attached hydrogen (secondary N) is 1. The molecule has 1 aromatic carbocycles. The molecule has 94 valence electrons. The summed E-state index contributed by atoms with van der Waals surface area (Å²) < 4.78 is 4.80. The maximum Gasteiger partial charge on any atom is 0.339 e. The number of methoxy groups -OCH3 is 1. The highest BCUT2D eigenvalue weighted by atomic mass is 16.5. The van der Waals surface area contributed by atoms with Gasteiger partial charge in [-0.1, -0.05) is 25.5 Å². The second-order valence-electron chi connectivity index (χ2n) is 4.72. The van der Waals surface area contributed by atoms with Crippen LogP contribution in [0.1, 0.15) is 36.7 Å². The Balaban J connectivity index is 3.02. The lowest BCUT2D eigenvalue weighted by atomic mass is 10.0. The molecular formula is C14H21NO2. The van der Waals surface area contributed by atoms with E-state index in [0.29, 0.717) is 17.5 Å². The standard InChI is InChI=1S/C14H21NO2/c1-9(2)11(4)15-13-7-6-10(3)8-12(13)14(16)17-5/h6-9,11,15H,1-5H3. The van der Waals surface area contributed by atoms with Gasteiger partial charge < -0.3 is 10.1 Å². The van der Waals surface area contributed by atoms with E-state index in [4.69, 9.17) is 4.74 Å². The molecule has 1 atom stereocenters. The fraction of sp³-hybridized carbons (Fsp3) is 0.500. The summed E-state index contributed by atoms with van der Waals surface area (Å²) in [6.45, 7) is 8.35. The first-order chi connectivity index (χ1) is 7.95. The number of benzene rings is 1. The quantitative estimate of drug-likeness (QED) is 0.814. The molecule has 0 aromatic heterocycles. The summed E-state index contributed by atoms with van der Waals surface area (Å²) in [7, 11) is 1.40. The number of aryl methyl sites for hydroxylation is 1. The summed E-state index contributed by atoms with van der Waals surface area (Å²) in [6, 6.07) is 6.07. The molecule has 0 aliphatic heterocycles. The van der Waals surface area contributed by atoms with Crippen LogP contribution in [0.2, 0.25) is 0 Å². The van der Waals surface area contributed by atoms with Crippen LogP contribution in [0, 0.1) is 12.8 Å². The zero-order chi connectivity index (χ0) is 13.0.